The minimum atomic E-state index is -0.139. The molecule has 0 saturated carbocycles. The molecule has 98 valence electrons. The number of aryl methyl sites for hydroxylation is 1. The van der Waals surface area contributed by atoms with Crippen LogP contribution in [0, 0.1) is 6.92 Å². The van der Waals surface area contributed by atoms with Gasteiger partial charge in [0.05, 0.1) is 11.4 Å². The molecule has 2 aromatic rings. The molecule has 0 aliphatic rings. The van der Waals surface area contributed by atoms with Gasteiger partial charge in [-0.2, -0.15) is 0 Å². The van der Waals surface area contributed by atoms with Gasteiger partial charge in [-0.25, -0.2) is 0 Å². The Hall–Kier alpha value is -2.00. The fraction of sp³-hybridized carbons (Fsp3) is 0.133. The summed E-state index contributed by atoms with van der Waals surface area (Å²) in [5.41, 5.74) is 8.61. The first-order valence-corrected chi connectivity index (χ1v) is 6.27. The van der Waals surface area contributed by atoms with E-state index in [9.17, 15) is 4.79 Å². The molecule has 4 heteroatoms. The molecule has 0 atom stereocenters. The highest BCUT2D eigenvalue weighted by molar-refractivity contribution is 6.31. The number of halogens is 1. The van der Waals surface area contributed by atoms with Gasteiger partial charge in [-0.15, -0.1) is 0 Å². The van der Waals surface area contributed by atoms with Crippen molar-refractivity contribution in [2.45, 2.75) is 6.92 Å². The van der Waals surface area contributed by atoms with Crippen molar-refractivity contribution < 1.29 is 4.79 Å². The third-order valence-electron chi connectivity index (χ3n) is 3.02. The Labute approximate surface area is 117 Å². The maximum atomic E-state index is 12.4. The minimum Gasteiger partial charge on any atom is -0.397 e. The fourth-order valence-electron chi connectivity index (χ4n) is 1.82. The molecule has 2 rings (SSSR count). The van der Waals surface area contributed by atoms with Gasteiger partial charge < -0.3 is 10.6 Å². The Morgan fingerprint density at radius 2 is 1.89 bits per heavy atom. The van der Waals surface area contributed by atoms with E-state index in [1.54, 1.807) is 25.2 Å². The van der Waals surface area contributed by atoms with Crippen molar-refractivity contribution in [3.8, 4) is 0 Å². The molecule has 0 spiro atoms. The van der Waals surface area contributed by atoms with Crippen LogP contribution in [-0.2, 0) is 0 Å². The number of hydrogen-bond acceptors (Lipinski definition) is 2. The van der Waals surface area contributed by atoms with Crippen LogP contribution in [0.3, 0.4) is 0 Å². The van der Waals surface area contributed by atoms with Crippen LogP contribution in [0.25, 0.3) is 0 Å². The standard InChI is InChI=1S/C15H15ClN2O/c1-10-7-8-11(9-12(10)16)15(19)18(2)14-6-4-3-5-13(14)17/h3-9H,17H2,1-2H3. The summed E-state index contributed by atoms with van der Waals surface area (Å²) in [7, 11) is 1.70. The first-order valence-electron chi connectivity index (χ1n) is 5.89. The summed E-state index contributed by atoms with van der Waals surface area (Å²) in [6.07, 6.45) is 0. The van der Waals surface area contributed by atoms with Crippen LogP contribution in [0.1, 0.15) is 15.9 Å². The molecule has 0 aliphatic heterocycles. The zero-order valence-electron chi connectivity index (χ0n) is 10.9. The van der Waals surface area contributed by atoms with Gasteiger partial charge in [0.1, 0.15) is 0 Å². The molecule has 0 aliphatic carbocycles. The molecular formula is C15H15ClN2O. The highest BCUT2D eigenvalue weighted by Crippen LogP contribution is 2.24. The Morgan fingerprint density at radius 1 is 1.21 bits per heavy atom. The molecule has 0 bridgehead atoms. The van der Waals surface area contributed by atoms with Gasteiger partial charge in [0.15, 0.2) is 0 Å². The van der Waals surface area contributed by atoms with Crippen LogP contribution >= 0.6 is 11.6 Å². The molecule has 0 fully saturated rings. The number of nitrogens with zero attached hydrogens (tertiary/aromatic N) is 1. The summed E-state index contributed by atoms with van der Waals surface area (Å²) >= 11 is 6.04. The summed E-state index contributed by atoms with van der Waals surface area (Å²) in [6, 6.07) is 12.5. The van der Waals surface area contributed by atoms with E-state index in [2.05, 4.69) is 0 Å². The lowest BCUT2D eigenvalue weighted by atomic mass is 10.1. The van der Waals surface area contributed by atoms with E-state index in [4.69, 9.17) is 17.3 Å². The lowest BCUT2D eigenvalue weighted by Gasteiger charge is -2.19. The Morgan fingerprint density at radius 3 is 2.53 bits per heavy atom. The summed E-state index contributed by atoms with van der Waals surface area (Å²) in [6.45, 7) is 1.90. The maximum absolute atomic E-state index is 12.4. The summed E-state index contributed by atoms with van der Waals surface area (Å²) in [5.74, 6) is -0.139. The largest absolute Gasteiger partial charge is 0.397 e. The van der Waals surface area contributed by atoms with Crippen molar-refractivity contribution in [1.82, 2.24) is 0 Å². The zero-order valence-corrected chi connectivity index (χ0v) is 11.6. The van der Waals surface area contributed by atoms with E-state index in [1.807, 2.05) is 31.2 Å². The van der Waals surface area contributed by atoms with Crippen molar-refractivity contribution in [3.63, 3.8) is 0 Å². The molecule has 3 nitrogen and oxygen atoms in total. The van der Waals surface area contributed by atoms with Gasteiger partial charge in [0, 0.05) is 17.6 Å². The second-order valence-electron chi connectivity index (χ2n) is 4.39. The number of nitrogens with two attached hydrogens (primary N) is 1. The number of para-hydroxylation sites is 2. The van der Waals surface area contributed by atoms with Gasteiger partial charge >= 0.3 is 0 Å². The Kier molecular flexibility index (Phi) is 3.76. The van der Waals surface area contributed by atoms with Gasteiger partial charge in [0.2, 0.25) is 0 Å². The maximum Gasteiger partial charge on any atom is 0.258 e. The number of hydrogen-bond donors (Lipinski definition) is 1. The van der Waals surface area contributed by atoms with Crippen molar-refractivity contribution in [1.29, 1.82) is 0 Å². The first-order chi connectivity index (χ1) is 9.00. The third kappa shape index (κ3) is 2.71. The lowest BCUT2D eigenvalue weighted by Crippen LogP contribution is -2.27. The number of benzene rings is 2. The van der Waals surface area contributed by atoms with Crippen LogP contribution in [0.15, 0.2) is 42.5 Å². The average molecular weight is 275 g/mol. The quantitative estimate of drug-likeness (QED) is 0.852. The number of carbonyl (C=O) groups is 1. The predicted molar refractivity (Wildman–Crippen MR) is 79.8 cm³/mol. The SMILES string of the molecule is Cc1ccc(C(=O)N(C)c2ccccc2N)cc1Cl. The Bertz CT molecular complexity index is 625. The molecule has 0 aromatic heterocycles. The predicted octanol–water partition coefficient (Wildman–Crippen LogP) is 3.51. The molecule has 0 heterocycles. The van der Waals surface area contributed by atoms with E-state index in [0.717, 1.165) is 5.56 Å². The molecule has 2 N–H and O–H groups in total. The number of rotatable bonds is 2. The van der Waals surface area contributed by atoms with Gasteiger partial charge in [-0.05, 0) is 36.8 Å². The fourth-order valence-corrected chi connectivity index (χ4v) is 2.00. The highest BCUT2D eigenvalue weighted by atomic mass is 35.5. The van der Waals surface area contributed by atoms with Crippen LogP contribution in [-0.4, -0.2) is 13.0 Å². The van der Waals surface area contributed by atoms with Gasteiger partial charge in [0.25, 0.3) is 5.91 Å². The molecule has 0 radical (unpaired) electrons. The third-order valence-corrected chi connectivity index (χ3v) is 3.43. The number of anilines is 2. The summed E-state index contributed by atoms with van der Waals surface area (Å²) in [5, 5.41) is 0.584. The monoisotopic (exact) mass is 274 g/mol. The van der Waals surface area contributed by atoms with Crippen LogP contribution in [0.5, 0.6) is 0 Å². The number of carbonyl (C=O) groups excluding carboxylic acids is 1. The second kappa shape index (κ2) is 5.33. The number of amides is 1. The second-order valence-corrected chi connectivity index (χ2v) is 4.79. The molecule has 0 saturated heterocycles. The van der Waals surface area contributed by atoms with Crippen LogP contribution < -0.4 is 10.6 Å². The van der Waals surface area contributed by atoms with E-state index in [-0.39, 0.29) is 5.91 Å². The van der Waals surface area contributed by atoms with E-state index in [0.29, 0.717) is 22.0 Å². The van der Waals surface area contributed by atoms with E-state index in [1.165, 1.54) is 4.90 Å². The summed E-state index contributed by atoms with van der Waals surface area (Å²) < 4.78 is 0. The number of nitrogen functional groups attached to an aromatic ring is 1. The van der Waals surface area contributed by atoms with Crippen LogP contribution in [0.2, 0.25) is 5.02 Å². The van der Waals surface area contributed by atoms with Crippen molar-refractivity contribution in [2.24, 2.45) is 0 Å². The normalized spacial score (nSPS) is 10.3. The van der Waals surface area contributed by atoms with Gasteiger partial charge in [-0.1, -0.05) is 29.8 Å². The molecule has 1 amide bonds. The smallest absolute Gasteiger partial charge is 0.258 e. The zero-order chi connectivity index (χ0) is 14.0. The first kappa shape index (κ1) is 13.4. The average Bonchev–Trinajstić information content (AvgIpc) is 2.41. The lowest BCUT2D eigenvalue weighted by molar-refractivity contribution is 0.0993. The van der Waals surface area contributed by atoms with Gasteiger partial charge in [-0.3, -0.25) is 4.79 Å². The molecule has 19 heavy (non-hydrogen) atoms. The Balaban J connectivity index is 2.34. The topological polar surface area (TPSA) is 46.3 Å². The van der Waals surface area contributed by atoms with E-state index >= 15 is 0 Å². The molecule has 2 aromatic carbocycles. The van der Waals surface area contributed by atoms with Crippen LogP contribution in [0.4, 0.5) is 11.4 Å². The van der Waals surface area contributed by atoms with Crippen molar-refractivity contribution in [2.75, 3.05) is 17.7 Å². The summed E-state index contributed by atoms with van der Waals surface area (Å²) in [4.78, 5) is 13.9. The highest BCUT2D eigenvalue weighted by Gasteiger charge is 2.15. The van der Waals surface area contributed by atoms with Crippen molar-refractivity contribution >= 4 is 28.9 Å². The molecule has 0 unspecified atom stereocenters. The molecular weight excluding hydrogens is 260 g/mol. The van der Waals surface area contributed by atoms with Crippen molar-refractivity contribution in [3.05, 3.63) is 58.6 Å². The van der Waals surface area contributed by atoms with E-state index < -0.39 is 0 Å². The minimum absolute atomic E-state index is 0.139.